The van der Waals surface area contributed by atoms with Gasteiger partial charge in [-0.2, -0.15) is 0 Å². The van der Waals surface area contributed by atoms with Gasteiger partial charge in [-0.1, -0.05) is 0 Å². The molecular weight excluding hydrogens is 320 g/mol. The van der Waals surface area contributed by atoms with Gasteiger partial charge in [-0.05, 0) is 0 Å². The van der Waals surface area contributed by atoms with Gasteiger partial charge >= 0.3 is 5.97 Å². The molecule has 1 saturated heterocycles. The van der Waals surface area contributed by atoms with Crippen molar-refractivity contribution in [2.24, 2.45) is 0 Å². The standard InChI is InChI=1S/C12H20O11/c13-1-4(15)7(18)8(19)6(17)3-22-11-9(20)12(21)23-10(11)5(16)2-14/h4-8,10-11,13-19H,1-3H2/t4-,5-,6-,7-,8-,10-,11?/m1/s1. The van der Waals surface area contributed by atoms with Crippen LogP contribution in [0.15, 0.2) is 0 Å². The zero-order chi connectivity index (χ0) is 17.7. The number of carbonyl (C=O) groups is 2. The van der Waals surface area contributed by atoms with E-state index in [9.17, 15) is 30.0 Å². The Morgan fingerprint density at radius 1 is 0.957 bits per heavy atom. The molecule has 7 N–H and O–H groups in total. The van der Waals surface area contributed by atoms with Crippen molar-refractivity contribution in [1.29, 1.82) is 0 Å². The first-order chi connectivity index (χ1) is 10.7. The average molecular weight is 340 g/mol. The Bertz CT molecular complexity index is 414. The predicted molar refractivity (Wildman–Crippen MR) is 68.8 cm³/mol. The van der Waals surface area contributed by atoms with Gasteiger partial charge in [0.2, 0.25) is 0 Å². The minimum atomic E-state index is -1.91. The molecule has 23 heavy (non-hydrogen) atoms. The van der Waals surface area contributed by atoms with Crippen LogP contribution in [0.4, 0.5) is 0 Å². The van der Waals surface area contributed by atoms with Crippen molar-refractivity contribution in [2.45, 2.75) is 42.7 Å². The average Bonchev–Trinajstić information content (AvgIpc) is 2.84. The lowest BCUT2D eigenvalue weighted by Crippen LogP contribution is -2.49. The minimum absolute atomic E-state index is 0.752. The maximum absolute atomic E-state index is 11.5. The van der Waals surface area contributed by atoms with E-state index in [1.165, 1.54) is 0 Å². The molecule has 0 aromatic rings. The van der Waals surface area contributed by atoms with Crippen LogP contribution in [0.5, 0.6) is 0 Å². The molecule has 7 atom stereocenters. The number of carbonyl (C=O) groups excluding carboxylic acids is 2. The van der Waals surface area contributed by atoms with Crippen molar-refractivity contribution >= 4 is 11.8 Å². The van der Waals surface area contributed by atoms with Crippen LogP contribution in [0.2, 0.25) is 0 Å². The SMILES string of the molecule is O=C1O[C@H]([C@H](O)CO)C(OC[C@@H](O)[C@@H](O)[C@H](O)[C@H](O)CO)C1=O. The predicted octanol–water partition coefficient (Wildman–Crippen LogP) is -5.34. The van der Waals surface area contributed by atoms with Crippen LogP contribution in [0, 0.1) is 0 Å². The van der Waals surface area contributed by atoms with Crippen LogP contribution in [-0.4, -0.2) is 110 Å². The molecule has 0 saturated carbocycles. The van der Waals surface area contributed by atoms with Crippen LogP contribution in [-0.2, 0) is 19.1 Å². The number of ketones is 1. The van der Waals surface area contributed by atoms with E-state index >= 15 is 0 Å². The minimum Gasteiger partial charge on any atom is -0.450 e. The van der Waals surface area contributed by atoms with Crippen molar-refractivity contribution in [3.8, 4) is 0 Å². The van der Waals surface area contributed by atoms with E-state index in [1.54, 1.807) is 0 Å². The van der Waals surface area contributed by atoms with Crippen molar-refractivity contribution in [2.75, 3.05) is 19.8 Å². The molecule has 1 aliphatic heterocycles. The van der Waals surface area contributed by atoms with E-state index in [2.05, 4.69) is 4.74 Å². The topological polar surface area (TPSA) is 194 Å². The summed E-state index contributed by atoms with van der Waals surface area (Å²) < 4.78 is 9.48. The van der Waals surface area contributed by atoms with Gasteiger partial charge < -0.3 is 45.2 Å². The summed E-state index contributed by atoms with van der Waals surface area (Å²) in [6.45, 7) is -2.42. The summed E-state index contributed by atoms with van der Waals surface area (Å²) in [4.78, 5) is 22.7. The Morgan fingerprint density at radius 2 is 1.52 bits per heavy atom. The summed E-state index contributed by atoms with van der Waals surface area (Å²) in [5.74, 6) is -2.42. The largest absolute Gasteiger partial charge is 0.450 e. The zero-order valence-electron chi connectivity index (χ0n) is 11.9. The normalized spacial score (nSPS) is 28.1. The summed E-state index contributed by atoms with van der Waals surface area (Å²) in [6, 6.07) is 0. The van der Waals surface area contributed by atoms with E-state index in [0.717, 1.165) is 0 Å². The van der Waals surface area contributed by atoms with E-state index < -0.39 is 74.3 Å². The van der Waals surface area contributed by atoms with Gasteiger partial charge in [0.15, 0.2) is 12.2 Å². The molecule has 0 bridgehead atoms. The maximum atomic E-state index is 11.5. The molecule has 134 valence electrons. The number of aliphatic hydroxyl groups is 7. The molecule has 1 heterocycles. The molecule has 11 nitrogen and oxygen atoms in total. The second-order valence-corrected chi connectivity index (χ2v) is 5.04. The van der Waals surface area contributed by atoms with Crippen LogP contribution < -0.4 is 0 Å². The fourth-order valence-electron chi connectivity index (χ4n) is 1.93. The second kappa shape index (κ2) is 8.61. The van der Waals surface area contributed by atoms with E-state index in [4.69, 9.17) is 20.1 Å². The second-order valence-electron chi connectivity index (χ2n) is 5.04. The molecule has 0 radical (unpaired) electrons. The summed E-state index contributed by atoms with van der Waals surface area (Å²) in [7, 11) is 0. The Hall–Kier alpha value is -1.18. The number of cyclic esters (lactones) is 1. The molecule has 0 aliphatic carbocycles. The third-order valence-electron chi connectivity index (χ3n) is 3.34. The first kappa shape index (κ1) is 19.9. The Kier molecular flexibility index (Phi) is 7.44. The molecular formula is C12H20O11. The number of aliphatic hydroxyl groups excluding tert-OH is 7. The van der Waals surface area contributed by atoms with Crippen LogP contribution >= 0.6 is 0 Å². The highest BCUT2D eigenvalue weighted by atomic mass is 16.6. The summed E-state index contributed by atoms with van der Waals surface area (Å²) >= 11 is 0. The Balaban J connectivity index is 2.64. The van der Waals surface area contributed by atoms with E-state index in [0.29, 0.717) is 0 Å². The molecule has 1 fully saturated rings. The zero-order valence-corrected chi connectivity index (χ0v) is 11.9. The fraction of sp³-hybridized carbons (Fsp3) is 0.833. The van der Waals surface area contributed by atoms with Crippen LogP contribution in [0.1, 0.15) is 0 Å². The van der Waals surface area contributed by atoms with Gasteiger partial charge in [0, 0.05) is 0 Å². The summed E-state index contributed by atoms with van der Waals surface area (Å²) in [5, 5.41) is 64.7. The number of hydrogen-bond acceptors (Lipinski definition) is 11. The monoisotopic (exact) mass is 340 g/mol. The van der Waals surface area contributed by atoms with Crippen LogP contribution in [0.3, 0.4) is 0 Å². The summed E-state index contributed by atoms with van der Waals surface area (Å²) in [6.07, 6.45) is -11.9. The number of Topliss-reactive ketones (excluding diaryl/α,β-unsaturated/α-hetero) is 1. The molecule has 1 aliphatic rings. The van der Waals surface area contributed by atoms with Crippen molar-refractivity contribution in [1.82, 2.24) is 0 Å². The van der Waals surface area contributed by atoms with E-state index in [1.807, 2.05) is 0 Å². The van der Waals surface area contributed by atoms with Crippen molar-refractivity contribution in [3.05, 3.63) is 0 Å². The van der Waals surface area contributed by atoms with Crippen molar-refractivity contribution < 1.29 is 54.8 Å². The molecule has 0 amide bonds. The highest BCUT2D eigenvalue weighted by Crippen LogP contribution is 2.19. The Labute approximate surface area is 130 Å². The smallest absolute Gasteiger partial charge is 0.378 e. The molecule has 11 heteroatoms. The number of ether oxygens (including phenoxy) is 2. The molecule has 0 aromatic carbocycles. The lowest BCUT2D eigenvalue weighted by molar-refractivity contribution is -0.154. The molecule has 1 rings (SSSR count). The maximum Gasteiger partial charge on any atom is 0.378 e. The molecule has 0 aromatic heterocycles. The molecule has 1 unspecified atom stereocenters. The van der Waals surface area contributed by atoms with Crippen molar-refractivity contribution in [3.63, 3.8) is 0 Å². The van der Waals surface area contributed by atoms with Gasteiger partial charge in [-0.15, -0.1) is 0 Å². The quantitative estimate of drug-likeness (QED) is 0.156. The third-order valence-corrected chi connectivity index (χ3v) is 3.34. The number of rotatable bonds is 9. The lowest BCUT2D eigenvalue weighted by atomic mass is 10.0. The van der Waals surface area contributed by atoms with Crippen LogP contribution in [0.25, 0.3) is 0 Å². The first-order valence-electron chi connectivity index (χ1n) is 6.73. The fourth-order valence-corrected chi connectivity index (χ4v) is 1.93. The number of esters is 1. The van der Waals surface area contributed by atoms with Gasteiger partial charge in [-0.3, -0.25) is 4.79 Å². The highest BCUT2D eigenvalue weighted by Gasteiger charge is 2.48. The van der Waals surface area contributed by atoms with Gasteiger partial charge in [-0.25, -0.2) is 4.79 Å². The van der Waals surface area contributed by atoms with Gasteiger partial charge in [0.25, 0.3) is 5.78 Å². The highest BCUT2D eigenvalue weighted by molar-refractivity contribution is 6.37. The third kappa shape index (κ3) is 4.65. The lowest BCUT2D eigenvalue weighted by Gasteiger charge is -2.27. The molecule has 0 spiro atoms. The first-order valence-corrected chi connectivity index (χ1v) is 6.73. The van der Waals surface area contributed by atoms with Gasteiger partial charge in [0.1, 0.15) is 30.5 Å². The number of hydrogen-bond donors (Lipinski definition) is 7. The van der Waals surface area contributed by atoms with Gasteiger partial charge in [0.05, 0.1) is 19.8 Å². The van der Waals surface area contributed by atoms with E-state index in [-0.39, 0.29) is 0 Å². The summed E-state index contributed by atoms with van der Waals surface area (Å²) in [5.41, 5.74) is 0. The Morgan fingerprint density at radius 3 is 2.04 bits per heavy atom.